The summed E-state index contributed by atoms with van der Waals surface area (Å²) in [5.74, 6) is 1.41. The van der Waals surface area contributed by atoms with Crippen molar-refractivity contribution in [3.8, 4) is 11.1 Å². The van der Waals surface area contributed by atoms with Crippen molar-refractivity contribution in [2.24, 2.45) is 9.98 Å². The molecular weight excluding hydrogens is 641 g/mol. The highest BCUT2D eigenvalue weighted by Crippen LogP contribution is 2.41. The summed E-state index contributed by atoms with van der Waals surface area (Å²) in [5, 5.41) is 11.3. The average Bonchev–Trinajstić information content (AvgIpc) is 3.78. The summed E-state index contributed by atoms with van der Waals surface area (Å²) in [6.07, 6.45) is 1.42. The maximum absolute atomic E-state index is 6.48. The van der Waals surface area contributed by atoms with Crippen LogP contribution in [0.5, 0.6) is 0 Å². The number of nitrogens with zero attached hydrogens (tertiary/aromatic N) is 3. The molecule has 6 heteroatoms. The Morgan fingerprint density at radius 3 is 2.17 bits per heavy atom. The fraction of sp³-hybridized carbons (Fsp3) is 0.0217. The molecule has 244 valence electrons. The summed E-state index contributed by atoms with van der Waals surface area (Å²) >= 11 is 0. The molecule has 0 spiro atoms. The molecule has 1 unspecified atom stereocenters. The summed E-state index contributed by atoms with van der Waals surface area (Å²) in [6, 6.07) is 52.1. The van der Waals surface area contributed by atoms with Gasteiger partial charge in [-0.1, -0.05) is 103 Å². The van der Waals surface area contributed by atoms with Crippen molar-refractivity contribution < 1.29 is 8.83 Å². The van der Waals surface area contributed by atoms with Gasteiger partial charge in [0.1, 0.15) is 34.3 Å². The van der Waals surface area contributed by atoms with Crippen LogP contribution in [0.4, 0.5) is 0 Å². The number of amidine groups is 2. The van der Waals surface area contributed by atoms with Crippen LogP contribution < -0.4 is 5.32 Å². The predicted octanol–water partition coefficient (Wildman–Crippen LogP) is 11.3. The fourth-order valence-corrected chi connectivity index (χ4v) is 7.79. The SMILES string of the molecule is c1ccc(C2=NC(c3cccc4oc5ccccc5c34)NC(c3cc(-c4cccc5oc6cc7cccnc7cc6c45)c4ccccc4c3)=N2)cc1. The van der Waals surface area contributed by atoms with Crippen molar-refractivity contribution in [2.45, 2.75) is 6.17 Å². The topological polar surface area (TPSA) is 75.9 Å². The van der Waals surface area contributed by atoms with Gasteiger partial charge in [-0.2, -0.15) is 0 Å². The van der Waals surface area contributed by atoms with Crippen molar-refractivity contribution in [3.63, 3.8) is 0 Å². The molecule has 1 aliphatic heterocycles. The highest BCUT2D eigenvalue weighted by molar-refractivity contribution is 6.20. The monoisotopic (exact) mass is 668 g/mol. The number of benzene rings is 7. The molecule has 1 N–H and O–H groups in total. The summed E-state index contributed by atoms with van der Waals surface area (Å²) < 4.78 is 12.8. The molecule has 52 heavy (non-hydrogen) atoms. The van der Waals surface area contributed by atoms with E-state index in [1.807, 2.05) is 66.9 Å². The minimum Gasteiger partial charge on any atom is -0.456 e. The molecule has 0 amide bonds. The standard InChI is InChI=1S/C46H28N4O2/c1-2-11-27(12-3-1)44-48-45(50-46(49-44)34-18-9-21-40-43(34)33-16-6-7-19-38(33)51-40)30-23-28-13-4-5-15-31(28)35(24-30)32-17-8-20-39-42(32)36-26-37-29(14-10-22-47-37)25-41(36)52-39/h1-26,46H,(H,48,49,50). The first-order valence-corrected chi connectivity index (χ1v) is 17.4. The van der Waals surface area contributed by atoms with Gasteiger partial charge in [-0.15, -0.1) is 0 Å². The van der Waals surface area contributed by atoms with E-state index in [9.17, 15) is 0 Å². The lowest BCUT2D eigenvalue weighted by Gasteiger charge is -2.25. The summed E-state index contributed by atoms with van der Waals surface area (Å²) in [6.45, 7) is 0. The van der Waals surface area contributed by atoms with Crippen molar-refractivity contribution in [1.82, 2.24) is 10.3 Å². The van der Waals surface area contributed by atoms with E-state index in [-0.39, 0.29) is 0 Å². The quantitative estimate of drug-likeness (QED) is 0.202. The minimum absolute atomic E-state index is 0.413. The first-order valence-electron chi connectivity index (χ1n) is 17.4. The van der Waals surface area contributed by atoms with Gasteiger partial charge in [-0.25, -0.2) is 9.98 Å². The molecule has 0 fully saturated rings. The van der Waals surface area contributed by atoms with E-state index >= 15 is 0 Å². The Kier molecular flexibility index (Phi) is 6.21. The van der Waals surface area contributed by atoms with Crippen LogP contribution in [0.15, 0.2) is 177 Å². The number of fused-ring (bicyclic) bond motifs is 8. The zero-order valence-electron chi connectivity index (χ0n) is 27.7. The summed E-state index contributed by atoms with van der Waals surface area (Å²) in [7, 11) is 0. The molecule has 0 saturated carbocycles. The number of furan rings is 2. The van der Waals surface area contributed by atoms with E-state index < -0.39 is 6.17 Å². The van der Waals surface area contributed by atoms with Gasteiger partial charge in [-0.05, 0) is 70.4 Å². The molecule has 6 nitrogen and oxygen atoms in total. The van der Waals surface area contributed by atoms with Gasteiger partial charge in [-0.3, -0.25) is 4.98 Å². The van der Waals surface area contributed by atoms with Crippen molar-refractivity contribution in [2.75, 3.05) is 0 Å². The maximum Gasteiger partial charge on any atom is 0.159 e. The Morgan fingerprint density at radius 2 is 1.25 bits per heavy atom. The molecule has 0 radical (unpaired) electrons. The molecule has 4 heterocycles. The van der Waals surface area contributed by atoms with Gasteiger partial charge in [0.2, 0.25) is 0 Å². The second-order valence-corrected chi connectivity index (χ2v) is 13.2. The van der Waals surface area contributed by atoms with E-state index in [0.717, 1.165) is 99.2 Å². The number of nitrogens with one attached hydrogen (secondary N) is 1. The van der Waals surface area contributed by atoms with Crippen molar-refractivity contribution >= 4 is 77.2 Å². The molecular formula is C46H28N4O2. The lowest BCUT2D eigenvalue weighted by molar-refractivity contribution is 0.662. The summed E-state index contributed by atoms with van der Waals surface area (Å²) in [5.41, 5.74) is 9.42. The molecule has 1 aliphatic rings. The second-order valence-electron chi connectivity index (χ2n) is 13.2. The third-order valence-electron chi connectivity index (χ3n) is 10.1. The number of hydrogen-bond acceptors (Lipinski definition) is 6. The van der Waals surface area contributed by atoms with E-state index in [2.05, 4.69) is 101 Å². The van der Waals surface area contributed by atoms with Gasteiger partial charge < -0.3 is 14.2 Å². The molecule has 0 aliphatic carbocycles. The molecule has 0 bridgehead atoms. The maximum atomic E-state index is 6.48. The van der Waals surface area contributed by atoms with Gasteiger partial charge in [0, 0.05) is 49.8 Å². The number of aliphatic imine (C=N–C) groups is 2. The minimum atomic E-state index is -0.413. The van der Waals surface area contributed by atoms with Gasteiger partial charge in [0.25, 0.3) is 0 Å². The molecule has 7 aromatic carbocycles. The molecule has 3 aromatic heterocycles. The lowest BCUT2D eigenvalue weighted by atomic mass is 9.92. The Morgan fingerprint density at radius 1 is 0.500 bits per heavy atom. The molecule has 11 rings (SSSR count). The number of rotatable bonds is 4. The Bertz CT molecular complexity index is 3120. The van der Waals surface area contributed by atoms with E-state index in [1.54, 1.807) is 0 Å². The first-order chi connectivity index (χ1) is 25.7. The Hall–Kier alpha value is -7.05. The van der Waals surface area contributed by atoms with Crippen LogP contribution in [0.2, 0.25) is 0 Å². The second kappa shape index (κ2) is 11.2. The van der Waals surface area contributed by atoms with Gasteiger partial charge in [0.05, 0.1) is 5.52 Å². The zero-order chi connectivity index (χ0) is 34.2. The normalized spacial score (nSPS) is 14.7. The summed E-state index contributed by atoms with van der Waals surface area (Å²) in [4.78, 5) is 15.1. The first kappa shape index (κ1) is 28.8. The number of para-hydroxylation sites is 1. The molecule has 1 atom stereocenters. The largest absolute Gasteiger partial charge is 0.456 e. The highest BCUT2D eigenvalue weighted by Gasteiger charge is 2.25. The Labute approximate surface area is 297 Å². The van der Waals surface area contributed by atoms with E-state index in [0.29, 0.717) is 5.84 Å². The zero-order valence-corrected chi connectivity index (χ0v) is 27.7. The number of pyridine rings is 1. The molecule has 10 aromatic rings. The van der Waals surface area contributed by atoms with Gasteiger partial charge >= 0.3 is 0 Å². The third kappa shape index (κ3) is 4.48. The Balaban J connectivity index is 1.13. The van der Waals surface area contributed by atoms with Crippen LogP contribution in [0.1, 0.15) is 22.9 Å². The highest BCUT2D eigenvalue weighted by atomic mass is 16.3. The van der Waals surface area contributed by atoms with Crippen LogP contribution >= 0.6 is 0 Å². The van der Waals surface area contributed by atoms with Crippen LogP contribution in [0.3, 0.4) is 0 Å². The van der Waals surface area contributed by atoms with Crippen LogP contribution in [-0.2, 0) is 0 Å². The smallest absolute Gasteiger partial charge is 0.159 e. The third-order valence-corrected chi connectivity index (χ3v) is 10.1. The van der Waals surface area contributed by atoms with Crippen LogP contribution in [0.25, 0.3) is 76.7 Å². The van der Waals surface area contributed by atoms with Gasteiger partial charge in [0.15, 0.2) is 5.84 Å². The lowest BCUT2D eigenvalue weighted by Crippen LogP contribution is -2.33. The van der Waals surface area contributed by atoms with Crippen molar-refractivity contribution in [3.05, 3.63) is 175 Å². The molecule has 0 saturated heterocycles. The fourth-order valence-electron chi connectivity index (χ4n) is 7.79. The van der Waals surface area contributed by atoms with Crippen LogP contribution in [0, 0.1) is 0 Å². The average molecular weight is 669 g/mol. The number of hydrogen-bond donors (Lipinski definition) is 1. The predicted molar refractivity (Wildman–Crippen MR) is 211 cm³/mol. The number of aromatic nitrogens is 1. The van der Waals surface area contributed by atoms with E-state index in [4.69, 9.17) is 18.8 Å². The van der Waals surface area contributed by atoms with Crippen molar-refractivity contribution in [1.29, 1.82) is 0 Å². The van der Waals surface area contributed by atoms with E-state index in [1.165, 1.54) is 0 Å². The van der Waals surface area contributed by atoms with Crippen LogP contribution in [-0.4, -0.2) is 16.7 Å².